The van der Waals surface area contributed by atoms with Gasteiger partial charge in [0.1, 0.15) is 16.9 Å². The molecule has 0 unspecified atom stereocenters. The molecule has 0 bridgehead atoms. The summed E-state index contributed by atoms with van der Waals surface area (Å²) in [6, 6.07) is 3.69. The first-order chi connectivity index (χ1) is 10.4. The SMILES string of the molecule is C(=N\Nc1ncnc2sc3c(c12)CCCC3)/c1ccco1. The van der Waals surface area contributed by atoms with Gasteiger partial charge in [-0.1, -0.05) is 0 Å². The molecule has 0 aromatic carbocycles. The third kappa shape index (κ3) is 2.31. The monoisotopic (exact) mass is 298 g/mol. The van der Waals surface area contributed by atoms with Crippen LogP contribution in [0.25, 0.3) is 10.2 Å². The van der Waals surface area contributed by atoms with Crippen molar-refractivity contribution in [3.63, 3.8) is 0 Å². The quantitative estimate of drug-likeness (QED) is 0.592. The summed E-state index contributed by atoms with van der Waals surface area (Å²) in [6.45, 7) is 0. The van der Waals surface area contributed by atoms with Crippen LogP contribution in [0.2, 0.25) is 0 Å². The lowest BCUT2D eigenvalue weighted by Gasteiger charge is -2.11. The second-order valence-corrected chi connectivity index (χ2v) is 6.08. The fraction of sp³-hybridized carbons (Fsp3) is 0.267. The maximum atomic E-state index is 5.21. The van der Waals surface area contributed by atoms with Crippen molar-refractivity contribution in [2.24, 2.45) is 5.10 Å². The van der Waals surface area contributed by atoms with E-state index < -0.39 is 0 Å². The van der Waals surface area contributed by atoms with Gasteiger partial charge in [-0.25, -0.2) is 9.97 Å². The Hall–Kier alpha value is -2.21. The highest BCUT2D eigenvalue weighted by molar-refractivity contribution is 7.19. The lowest BCUT2D eigenvalue weighted by Crippen LogP contribution is -2.00. The van der Waals surface area contributed by atoms with Crippen LogP contribution in [0.3, 0.4) is 0 Å². The average molecular weight is 298 g/mol. The Morgan fingerprint density at radius 1 is 1.29 bits per heavy atom. The van der Waals surface area contributed by atoms with Crippen LogP contribution in [0.15, 0.2) is 34.2 Å². The van der Waals surface area contributed by atoms with Crippen molar-refractivity contribution in [2.45, 2.75) is 25.7 Å². The molecule has 0 fully saturated rings. The summed E-state index contributed by atoms with van der Waals surface area (Å²) in [5.74, 6) is 1.49. The van der Waals surface area contributed by atoms with E-state index in [9.17, 15) is 0 Å². The molecule has 1 aliphatic rings. The van der Waals surface area contributed by atoms with E-state index in [0.717, 1.165) is 28.9 Å². The minimum absolute atomic E-state index is 0.708. The van der Waals surface area contributed by atoms with E-state index >= 15 is 0 Å². The molecule has 0 spiro atoms. The number of anilines is 1. The van der Waals surface area contributed by atoms with Gasteiger partial charge in [0.15, 0.2) is 5.82 Å². The maximum absolute atomic E-state index is 5.21. The summed E-state index contributed by atoms with van der Waals surface area (Å²) in [5.41, 5.74) is 4.43. The van der Waals surface area contributed by atoms with Crippen LogP contribution in [0.5, 0.6) is 0 Å². The Morgan fingerprint density at radius 2 is 2.24 bits per heavy atom. The van der Waals surface area contributed by atoms with Gasteiger partial charge in [0.2, 0.25) is 0 Å². The predicted octanol–water partition coefficient (Wildman–Crippen LogP) is 3.61. The molecule has 1 aliphatic carbocycles. The minimum Gasteiger partial charge on any atom is -0.463 e. The highest BCUT2D eigenvalue weighted by Gasteiger charge is 2.19. The van der Waals surface area contributed by atoms with E-state index in [0.29, 0.717) is 5.76 Å². The fourth-order valence-corrected chi connectivity index (χ4v) is 3.93. The van der Waals surface area contributed by atoms with Crippen LogP contribution in [-0.4, -0.2) is 16.2 Å². The number of hydrogen-bond donors (Lipinski definition) is 1. The molecule has 0 saturated heterocycles. The average Bonchev–Trinajstić information content (AvgIpc) is 3.14. The molecule has 21 heavy (non-hydrogen) atoms. The Bertz CT molecular complexity index is 791. The van der Waals surface area contributed by atoms with Crippen LogP contribution >= 0.6 is 11.3 Å². The van der Waals surface area contributed by atoms with Gasteiger partial charge < -0.3 is 4.42 Å². The van der Waals surface area contributed by atoms with Gasteiger partial charge >= 0.3 is 0 Å². The highest BCUT2D eigenvalue weighted by Crippen LogP contribution is 2.37. The summed E-state index contributed by atoms with van der Waals surface area (Å²) in [7, 11) is 0. The smallest absolute Gasteiger partial charge is 0.158 e. The molecule has 3 aromatic heterocycles. The molecule has 0 radical (unpaired) electrons. The van der Waals surface area contributed by atoms with E-state index in [4.69, 9.17) is 4.42 Å². The van der Waals surface area contributed by atoms with Gasteiger partial charge in [0.25, 0.3) is 0 Å². The van der Waals surface area contributed by atoms with E-state index in [2.05, 4.69) is 20.5 Å². The molecular weight excluding hydrogens is 284 g/mol. The highest BCUT2D eigenvalue weighted by atomic mass is 32.1. The second kappa shape index (κ2) is 5.29. The number of aryl methyl sites for hydroxylation is 2. The Labute approximate surface area is 125 Å². The molecule has 0 atom stereocenters. The summed E-state index contributed by atoms with van der Waals surface area (Å²) in [6.07, 6.45) is 9.64. The first-order valence-corrected chi connectivity index (χ1v) is 7.81. The van der Waals surface area contributed by atoms with Gasteiger partial charge in [0, 0.05) is 4.88 Å². The van der Waals surface area contributed by atoms with Crippen LogP contribution in [0, 0.1) is 0 Å². The normalized spacial score (nSPS) is 14.7. The Kier molecular flexibility index (Phi) is 3.16. The van der Waals surface area contributed by atoms with Gasteiger partial charge in [0.05, 0.1) is 17.9 Å². The van der Waals surface area contributed by atoms with E-state index in [1.807, 2.05) is 12.1 Å². The maximum Gasteiger partial charge on any atom is 0.158 e. The van der Waals surface area contributed by atoms with Crippen molar-refractivity contribution >= 4 is 33.6 Å². The van der Waals surface area contributed by atoms with Gasteiger partial charge in [-0.3, -0.25) is 5.43 Å². The van der Waals surface area contributed by atoms with Gasteiger partial charge in [-0.15, -0.1) is 11.3 Å². The number of nitrogens with zero attached hydrogens (tertiary/aromatic N) is 3. The number of nitrogens with one attached hydrogen (secondary N) is 1. The number of hydrogen-bond acceptors (Lipinski definition) is 6. The molecule has 0 aliphatic heterocycles. The fourth-order valence-electron chi connectivity index (χ4n) is 2.70. The van der Waals surface area contributed by atoms with Gasteiger partial charge in [-0.05, 0) is 43.4 Å². The van der Waals surface area contributed by atoms with Crippen molar-refractivity contribution in [1.82, 2.24) is 9.97 Å². The number of rotatable bonds is 3. The zero-order chi connectivity index (χ0) is 14.1. The zero-order valence-electron chi connectivity index (χ0n) is 11.4. The minimum atomic E-state index is 0.708. The number of hydrazone groups is 1. The van der Waals surface area contributed by atoms with Crippen LogP contribution < -0.4 is 5.43 Å². The van der Waals surface area contributed by atoms with Gasteiger partial charge in [-0.2, -0.15) is 5.10 Å². The Morgan fingerprint density at radius 3 is 3.14 bits per heavy atom. The molecule has 5 nitrogen and oxygen atoms in total. The first-order valence-electron chi connectivity index (χ1n) is 6.99. The number of fused-ring (bicyclic) bond motifs is 3. The standard InChI is InChI=1S/C15H14N4OS/c1-2-6-12-11(5-1)13-14(16-9-17-15(13)21-12)19-18-8-10-4-3-7-20-10/h3-4,7-9H,1-2,5-6H2,(H,16,17,19)/b18-8+. The lowest BCUT2D eigenvalue weighted by molar-refractivity contribution is 0.560. The molecule has 3 aromatic rings. The van der Waals surface area contributed by atoms with Crippen LogP contribution in [0.4, 0.5) is 5.82 Å². The van der Waals surface area contributed by atoms with Crippen molar-refractivity contribution in [2.75, 3.05) is 5.43 Å². The topological polar surface area (TPSA) is 63.3 Å². The summed E-state index contributed by atoms with van der Waals surface area (Å²) < 4.78 is 5.21. The van der Waals surface area contributed by atoms with E-state index in [1.165, 1.54) is 23.3 Å². The van der Waals surface area contributed by atoms with Crippen molar-refractivity contribution in [1.29, 1.82) is 0 Å². The van der Waals surface area contributed by atoms with E-state index in [-0.39, 0.29) is 0 Å². The molecule has 0 saturated carbocycles. The lowest BCUT2D eigenvalue weighted by atomic mass is 9.97. The summed E-state index contributed by atoms with van der Waals surface area (Å²) in [4.78, 5) is 11.3. The third-order valence-corrected chi connectivity index (χ3v) is 4.86. The van der Waals surface area contributed by atoms with Crippen molar-refractivity contribution < 1.29 is 4.42 Å². The first kappa shape index (κ1) is 12.5. The summed E-state index contributed by atoms with van der Waals surface area (Å²) in [5, 5.41) is 5.34. The zero-order valence-corrected chi connectivity index (χ0v) is 12.2. The summed E-state index contributed by atoms with van der Waals surface area (Å²) >= 11 is 1.78. The molecule has 1 N–H and O–H groups in total. The molecule has 106 valence electrons. The Balaban J connectivity index is 1.69. The molecule has 0 amide bonds. The number of furan rings is 1. The largest absolute Gasteiger partial charge is 0.463 e. The van der Waals surface area contributed by atoms with Crippen molar-refractivity contribution in [3.05, 3.63) is 40.9 Å². The van der Waals surface area contributed by atoms with Crippen LogP contribution in [-0.2, 0) is 12.8 Å². The van der Waals surface area contributed by atoms with Crippen molar-refractivity contribution in [3.8, 4) is 0 Å². The third-order valence-electron chi connectivity index (χ3n) is 3.66. The molecule has 6 heteroatoms. The molecule has 3 heterocycles. The number of aromatic nitrogens is 2. The predicted molar refractivity (Wildman–Crippen MR) is 84.0 cm³/mol. The van der Waals surface area contributed by atoms with Crippen LogP contribution in [0.1, 0.15) is 29.0 Å². The molecular formula is C15H14N4OS. The number of thiophene rings is 1. The molecule has 4 rings (SSSR count). The van der Waals surface area contributed by atoms with E-state index in [1.54, 1.807) is 30.1 Å². The second-order valence-electron chi connectivity index (χ2n) is 5.00.